The monoisotopic (exact) mass is 250 g/mol. The summed E-state index contributed by atoms with van der Waals surface area (Å²) >= 11 is 0. The molecule has 6 heteroatoms. The Hall–Kier alpha value is -2.76. The quantitative estimate of drug-likeness (QED) is 0.337. The van der Waals surface area contributed by atoms with Crippen LogP contribution in [0.5, 0.6) is 34.5 Å². The van der Waals surface area contributed by atoms with E-state index in [-0.39, 0.29) is 22.6 Å². The molecule has 0 atom stereocenters. The molecular weight excluding hydrogens is 240 g/mol. The van der Waals surface area contributed by atoms with Gasteiger partial charge in [0.1, 0.15) is 17.2 Å². The van der Waals surface area contributed by atoms with Gasteiger partial charge in [0.05, 0.1) is 5.56 Å². The molecule has 0 fully saturated rings. The first-order chi connectivity index (χ1) is 8.40. The maximum absolute atomic E-state index is 9.66. The lowest BCUT2D eigenvalue weighted by Crippen LogP contribution is -1.83. The van der Waals surface area contributed by atoms with E-state index in [1.165, 1.54) is 12.1 Å². The van der Waals surface area contributed by atoms with Gasteiger partial charge in [0, 0.05) is 12.1 Å². The molecule has 0 radical (unpaired) electrons. The number of hydrogen-bond donors (Lipinski definition) is 6. The van der Waals surface area contributed by atoms with Crippen LogP contribution in [0.4, 0.5) is 0 Å². The van der Waals surface area contributed by atoms with Crippen molar-refractivity contribution in [3.8, 4) is 45.6 Å². The molecule has 6 N–H and O–H groups in total. The van der Waals surface area contributed by atoms with E-state index < -0.39 is 23.0 Å². The summed E-state index contributed by atoms with van der Waals surface area (Å²) in [5.41, 5.74) is -0.130. The van der Waals surface area contributed by atoms with Crippen molar-refractivity contribution in [2.24, 2.45) is 0 Å². The van der Waals surface area contributed by atoms with Gasteiger partial charge in [0.25, 0.3) is 0 Å². The molecule has 0 aliphatic carbocycles. The smallest absolute Gasteiger partial charge is 0.201 e. The van der Waals surface area contributed by atoms with Gasteiger partial charge in [-0.15, -0.1) is 0 Å². The minimum absolute atomic E-state index is 0.0813. The molecule has 0 aliphatic rings. The molecule has 0 saturated heterocycles. The summed E-state index contributed by atoms with van der Waals surface area (Å²) in [6, 6.07) is 4.25. The van der Waals surface area contributed by atoms with Crippen LogP contribution < -0.4 is 0 Å². The van der Waals surface area contributed by atoms with E-state index in [9.17, 15) is 30.6 Å². The summed E-state index contributed by atoms with van der Waals surface area (Å²) in [4.78, 5) is 0. The Balaban J connectivity index is 2.75. The fourth-order valence-electron chi connectivity index (χ4n) is 1.66. The molecule has 0 aromatic heterocycles. The number of aromatic hydroxyl groups is 6. The maximum atomic E-state index is 9.66. The van der Waals surface area contributed by atoms with Crippen molar-refractivity contribution in [3.05, 3.63) is 24.3 Å². The fourth-order valence-corrected chi connectivity index (χ4v) is 1.66. The van der Waals surface area contributed by atoms with E-state index >= 15 is 0 Å². The Morgan fingerprint density at radius 3 is 1.67 bits per heavy atom. The van der Waals surface area contributed by atoms with Gasteiger partial charge < -0.3 is 30.6 Å². The first kappa shape index (κ1) is 11.7. The van der Waals surface area contributed by atoms with E-state index in [1.807, 2.05) is 0 Å². The van der Waals surface area contributed by atoms with E-state index in [1.54, 1.807) is 0 Å². The maximum Gasteiger partial charge on any atom is 0.201 e. The topological polar surface area (TPSA) is 121 Å². The number of hydrogen-bond acceptors (Lipinski definition) is 6. The highest BCUT2D eigenvalue weighted by atomic mass is 16.3. The lowest BCUT2D eigenvalue weighted by atomic mass is 10.0. The summed E-state index contributed by atoms with van der Waals surface area (Å²) in [5.74, 6) is -3.30. The minimum atomic E-state index is -0.800. The standard InChI is InChI=1S/C12H10O6/c13-6-1-5(2-7(14)3-6)10-8(15)4-9(16)11(17)12(10)18/h1-4,13-18H. The second-order valence-corrected chi connectivity index (χ2v) is 3.73. The van der Waals surface area contributed by atoms with Crippen LogP contribution in [0.25, 0.3) is 11.1 Å². The Kier molecular flexibility index (Phi) is 2.55. The molecule has 18 heavy (non-hydrogen) atoms. The lowest BCUT2D eigenvalue weighted by Gasteiger charge is -2.11. The Morgan fingerprint density at radius 1 is 0.556 bits per heavy atom. The van der Waals surface area contributed by atoms with E-state index in [0.717, 1.165) is 12.1 Å². The molecule has 0 amide bonds. The zero-order chi connectivity index (χ0) is 13.4. The minimum Gasteiger partial charge on any atom is -0.508 e. The van der Waals surface area contributed by atoms with Gasteiger partial charge in [-0.3, -0.25) is 0 Å². The molecule has 0 unspecified atom stereocenters. The van der Waals surface area contributed by atoms with Gasteiger partial charge in [-0.05, 0) is 17.7 Å². The average molecular weight is 250 g/mol. The van der Waals surface area contributed by atoms with Gasteiger partial charge in [-0.25, -0.2) is 0 Å². The predicted octanol–water partition coefficient (Wildman–Crippen LogP) is 1.59. The molecule has 0 spiro atoms. The van der Waals surface area contributed by atoms with Crippen LogP contribution in [0.3, 0.4) is 0 Å². The van der Waals surface area contributed by atoms with Crippen molar-refractivity contribution in [3.63, 3.8) is 0 Å². The number of phenolic OH excluding ortho intramolecular Hbond substituents is 6. The van der Waals surface area contributed by atoms with Crippen LogP contribution in [-0.2, 0) is 0 Å². The molecule has 0 heterocycles. The van der Waals surface area contributed by atoms with Crippen LogP contribution in [0.1, 0.15) is 0 Å². The number of benzene rings is 2. The first-order valence-electron chi connectivity index (χ1n) is 4.90. The average Bonchev–Trinajstić information content (AvgIpc) is 2.24. The van der Waals surface area contributed by atoms with Crippen molar-refractivity contribution < 1.29 is 30.6 Å². The van der Waals surface area contributed by atoms with Crippen molar-refractivity contribution >= 4 is 0 Å². The fraction of sp³-hybridized carbons (Fsp3) is 0. The third-order valence-electron chi connectivity index (χ3n) is 2.42. The zero-order valence-corrected chi connectivity index (χ0v) is 8.99. The van der Waals surface area contributed by atoms with Gasteiger partial charge in [0.15, 0.2) is 11.5 Å². The lowest BCUT2D eigenvalue weighted by molar-refractivity contribution is 0.362. The highest BCUT2D eigenvalue weighted by Gasteiger charge is 2.19. The van der Waals surface area contributed by atoms with Crippen LogP contribution in [-0.4, -0.2) is 30.6 Å². The molecule has 2 aromatic carbocycles. The molecule has 0 bridgehead atoms. The molecule has 2 aromatic rings. The van der Waals surface area contributed by atoms with Crippen LogP contribution in [0.2, 0.25) is 0 Å². The molecule has 6 nitrogen and oxygen atoms in total. The van der Waals surface area contributed by atoms with Gasteiger partial charge in [-0.2, -0.15) is 0 Å². The van der Waals surface area contributed by atoms with Crippen molar-refractivity contribution in [1.29, 1.82) is 0 Å². The van der Waals surface area contributed by atoms with Crippen molar-refractivity contribution in [2.75, 3.05) is 0 Å². The Labute approximate surface area is 101 Å². The summed E-state index contributed by atoms with van der Waals surface area (Å²) < 4.78 is 0. The van der Waals surface area contributed by atoms with Crippen LogP contribution in [0.15, 0.2) is 24.3 Å². The predicted molar refractivity (Wildman–Crippen MR) is 61.9 cm³/mol. The highest BCUT2D eigenvalue weighted by Crippen LogP contribution is 2.48. The summed E-state index contributed by atoms with van der Waals surface area (Å²) in [6.07, 6.45) is 0. The number of phenols is 6. The number of rotatable bonds is 1. The second kappa shape index (κ2) is 3.92. The third kappa shape index (κ3) is 1.80. The molecular formula is C12H10O6. The molecule has 0 saturated carbocycles. The van der Waals surface area contributed by atoms with E-state index in [2.05, 4.69) is 0 Å². The summed E-state index contributed by atoms with van der Waals surface area (Å²) in [5, 5.41) is 56.5. The highest BCUT2D eigenvalue weighted by molar-refractivity contribution is 5.82. The van der Waals surface area contributed by atoms with E-state index in [4.69, 9.17) is 0 Å². The van der Waals surface area contributed by atoms with Gasteiger partial charge >= 0.3 is 0 Å². The summed E-state index contributed by atoms with van der Waals surface area (Å²) in [7, 11) is 0. The second-order valence-electron chi connectivity index (χ2n) is 3.73. The third-order valence-corrected chi connectivity index (χ3v) is 2.42. The Morgan fingerprint density at radius 2 is 1.11 bits per heavy atom. The van der Waals surface area contributed by atoms with Crippen LogP contribution in [0, 0.1) is 0 Å². The van der Waals surface area contributed by atoms with Crippen molar-refractivity contribution in [1.82, 2.24) is 0 Å². The molecule has 2 rings (SSSR count). The SMILES string of the molecule is Oc1cc(O)cc(-c2c(O)cc(O)c(O)c2O)c1. The van der Waals surface area contributed by atoms with Gasteiger partial charge in [-0.1, -0.05) is 0 Å². The van der Waals surface area contributed by atoms with E-state index in [0.29, 0.717) is 0 Å². The summed E-state index contributed by atoms with van der Waals surface area (Å²) in [6.45, 7) is 0. The van der Waals surface area contributed by atoms with Crippen LogP contribution >= 0.6 is 0 Å². The Bertz CT molecular complexity index is 600. The normalized spacial score (nSPS) is 10.4. The van der Waals surface area contributed by atoms with Gasteiger partial charge in [0.2, 0.25) is 5.75 Å². The largest absolute Gasteiger partial charge is 0.508 e. The van der Waals surface area contributed by atoms with Crippen molar-refractivity contribution in [2.45, 2.75) is 0 Å². The molecule has 0 aliphatic heterocycles. The zero-order valence-electron chi connectivity index (χ0n) is 8.99. The molecule has 94 valence electrons. The first-order valence-corrected chi connectivity index (χ1v) is 4.90.